The largest absolute Gasteiger partial charge is 0.469 e. The molecule has 4 heterocycles. The first kappa shape index (κ1) is 35.9. The summed E-state index contributed by atoms with van der Waals surface area (Å²) in [5, 5.41) is 38.6. The maximum atomic E-state index is 14.4. The molecule has 16 atom stereocenters. The summed E-state index contributed by atoms with van der Waals surface area (Å²) < 4.78 is 49.0. The van der Waals surface area contributed by atoms with Crippen LogP contribution < -0.4 is 0 Å². The van der Waals surface area contributed by atoms with Crippen molar-refractivity contribution >= 4 is 23.9 Å². The lowest BCUT2D eigenvalue weighted by atomic mass is 9.37. The lowest BCUT2D eigenvalue weighted by Crippen LogP contribution is -2.78. The second-order valence-electron chi connectivity index (χ2n) is 16.4. The highest BCUT2D eigenvalue weighted by Gasteiger charge is 2.94. The minimum atomic E-state index is -2.32. The molecule has 286 valence electrons. The minimum absolute atomic E-state index is 0.0102. The van der Waals surface area contributed by atoms with Crippen LogP contribution >= 0.6 is 0 Å². The van der Waals surface area contributed by atoms with Gasteiger partial charge in [0.05, 0.1) is 45.4 Å². The molecule has 0 aromatic heterocycles. The van der Waals surface area contributed by atoms with Crippen LogP contribution in [0.2, 0.25) is 0 Å². The van der Waals surface area contributed by atoms with Crippen molar-refractivity contribution in [1.29, 1.82) is 0 Å². The van der Waals surface area contributed by atoms with Gasteiger partial charge in [-0.1, -0.05) is 19.9 Å². The first-order valence-electron chi connectivity index (χ1n) is 18.1. The van der Waals surface area contributed by atoms with Gasteiger partial charge >= 0.3 is 23.9 Å². The fourth-order valence-corrected chi connectivity index (χ4v) is 13.0. The van der Waals surface area contributed by atoms with E-state index in [1.165, 1.54) is 19.4 Å². The second kappa shape index (κ2) is 11.0. The van der Waals surface area contributed by atoms with Crippen molar-refractivity contribution in [2.45, 2.75) is 126 Å². The monoisotopic (exact) mass is 732 g/mol. The SMILES string of the molecule is C/C=C(/C)C(=O)O[C@H]1C[C@@H](OC(=O)CC)[C@@]2(C(=O)OC)CO[C@H]3[C@H]4O[C@]5(C)[C@H]6C[C@H](OC7OC=C[C@@]76O)[C@]5(O)[C@@]4(C)C4[C@]1(CC[C@]4(O)C(=O)OC)[C@@H]32. The maximum Gasteiger partial charge on any atom is 0.338 e. The molecule has 2 bridgehead atoms. The molecule has 2 unspecified atom stereocenters. The van der Waals surface area contributed by atoms with Crippen molar-refractivity contribution < 1.29 is 72.4 Å². The molecule has 0 amide bonds. The maximum absolute atomic E-state index is 14.4. The molecule has 8 aliphatic rings. The van der Waals surface area contributed by atoms with E-state index in [-0.39, 0.29) is 44.3 Å². The van der Waals surface area contributed by atoms with E-state index in [0.717, 1.165) is 7.11 Å². The molecule has 4 aliphatic heterocycles. The fraction of sp³-hybridized carbons (Fsp3) is 0.784. The van der Waals surface area contributed by atoms with E-state index in [9.17, 15) is 34.5 Å². The summed E-state index contributed by atoms with van der Waals surface area (Å²) in [7, 11) is 2.37. The zero-order chi connectivity index (χ0) is 37.6. The van der Waals surface area contributed by atoms with Crippen LogP contribution in [-0.2, 0) is 57.1 Å². The van der Waals surface area contributed by atoms with Crippen molar-refractivity contribution in [3.05, 3.63) is 24.0 Å². The third-order valence-corrected chi connectivity index (χ3v) is 15.0. The summed E-state index contributed by atoms with van der Waals surface area (Å²) in [5.74, 6) is -6.20. The van der Waals surface area contributed by atoms with Gasteiger partial charge < -0.3 is 53.2 Å². The van der Waals surface area contributed by atoms with Gasteiger partial charge in [0.1, 0.15) is 28.8 Å². The Morgan fingerprint density at radius 1 is 0.981 bits per heavy atom. The number of ether oxygens (including phenoxy) is 8. The van der Waals surface area contributed by atoms with Gasteiger partial charge in [0.25, 0.3) is 0 Å². The zero-order valence-corrected chi connectivity index (χ0v) is 30.4. The Morgan fingerprint density at radius 3 is 2.35 bits per heavy atom. The van der Waals surface area contributed by atoms with Crippen LogP contribution in [0.5, 0.6) is 0 Å². The molecule has 7 fully saturated rings. The van der Waals surface area contributed by atoms with E-state index in [4.69, 9.17) is 37.9 Å². The fourth-order valence-electron chi connectivity index (χ4n) is 13.0. The van der Waals surface area contributed by atoms with E-state index < -0.39 is 117 Å². The summed E-state index contributed by atoms with van der Waals surface area (Å²) >= 11 is 0. The summed E-state index contributed by atoms with van der Waals surface area (Å²) in [6.45, 7) is 7.97. The molecule has 4 saturated carbocycles. The molecule has 4 aliphatic carbocycles. The molecule has 1 spiro atoms. The molecule has 3 N–H and O–H groups in total. The molecule has 3 saturated heterocycles. The quantitative estimate of drug-likeness (QED) is 0.198. The number of esters is 4. The van der Waals surface area contributed by atoms with Gasteiger partial charge in [-0.05, 0) is 46.1 Å². The van der Waals surface area contributed by atoms with Gasteiger partial charge in [-0.3, -0.25) is 9.59 Å². The van der Waals surface area contributed by atoms with E-state index >= 15 is 0 Å². The van der Waals surface area contributed by atoms with E-state index in [0.29, 0.717) is 0 Å². The Balaban J connectivity index is 1.42. The third-order valence-electron chi connectivity index (χ3n) is 15.0. The Kier molecular flexibility index (Phi) is 7.60. The van der Waals surface area contributed by atoms with Gasteiger partial charge in [-0.15, -0.1) is 0 Å². The summed E-state index contributed by atoms with van der Waals surface area (Å²) in [4.78, 5) is 55.3. The standard InChI is InChI=1S/C37H48O15/c1-8-17(3)26(39)50-19-15-20(49-22(38)9-2)34(28(40)45-6)16-48-23-24(34)33(19)10-11-36(43,29(41)46-7)27(33)31(4)25(23)52-32(5)18-14-21(37(31,32)44)51-30-35(18,42)12-13-47-30/h8,12-13,18-21,23-25,27,30,42-44H,9-11,14-16H2,1-7H3/b17-8-/t18-,19+,20-,21+,23-,24-,25-,27?,30?,31-,32-,33+,34+,35+,36-,37+/m1/s1. The number of methoxy groups -OCH3 is 2. The minimum Gasteiger partial charge on any atom is -0.469 e. The van der Waals surface area contributed by atoms with Crippen LogP contribution in [0.4, 0.5) is 0 Å². The van der Waals surface area contributed by atoms with Crippen LogP contribution in [-0.4, -0.2) is 119 Å². The lowest BCUT2D eigenvalue weighted by molar-refractivity contribution is -0.310. The predicted octanol–water partition coefficient (Wildman–Crippen LogP) is 0.993. The number of fused-ring (bicyclic) bond motifs is 11. The van der Waals surface area contributed by atoms with Gasteiger partial charge in [-0.2, -0.15) is 0 Å². The van der Waals surface area contributed by atoms with Gasteiger partial charge in [0.2, 0.25) is 6.29 Å². The molecule has 0 aromatic rings. The Labute approximate surface area is 300 Å². The molecule has 0 aromatic carbocycles. The van der Waals surface area contributed by atoms with Crippen LogP contribution in [0.25, 0.3) is 0 Å². The Bertz CT molecular complexity index is 1680. The zero-order valence-electron chi connectivity index (χ0n) is 30.4. The summed E-state index contributed by atoms with van der Waals surface area (Å²) in [6.07, 6.45) is -2.65. The normalized spacial score (nSPS) is 53.1. The van der Waals surface area contributed by atoms with Crippen molar-refractivity contribution in [2.24, 2.45) is 34.0 Å². The second-order valence-corrected chi connectivity index (χ2v) is 16.4. The van der Waals surface area contributed by atoms with Crippen molar-refractivity contribution in [2.75, 3.05) is 20.8 Å². The van der Waals surface area contributed by atoms with Gasteiger partial charge in [0.15, 0.2) is 11.2 Å². The molecule has 15 heteroatoms. The van der Waals surface area contributed by atoms with Crippen LogP contribution in [0.15, 0.2) is 24.0 Å². The van der Waals surface area contributed by atoms with Gasteiger partial charge in [0, 0.05) is 47.0 Å². The van der Waals surface area contributed by atoms with Crippen molar-refractivity contribution in [1.82, 2.24) is 0 Å². The van der Waals surface area contributed by atoms with Crippen molar-refractivity contribution in [3.8, 4) is 0 Å². The predicted molar refractivity (Wildman–Crippen MR) is 172 cm³/mol. The number of hydrogen-bond acceptors (Lipinski definition) is 15. The van der Waals surface area contributed by atoms with E-state index in [1.54, 1.807) is 40.7 Å². The Hall–Kier alpha value is -3.08. The molecule has 0 radical (unpaired) electrons. The molecule has 15 nitrogen and oxygen atoms in total. The number of allylic oxidation sites excluding steroid dienone is 1. The lowest BCUT2D eigenvalue weighted by Gasteiger charge is -2.66. The highest BCUT2D eigenvalue weighted by atomic mass is 16.7. The van der Waals surface area contributed by atoms with E-state index in [1.807, 2.05) is 0 Å². The number of hydrogen-bond donors (Lipinski definition) is 3. The van der Waals surface area contributed by atoms with Crippen molar-refractivity contribution in [3.63, 3.8) is 0 Å². The molecular formula is C37H48O15. The third kappa shape index (κ3) is 3.68. The highest BCUT2D eigenvalue weighted by Crippen LogP contribution is 2.82. The average molecular weight is 733 g/mol. The number of rotatable bonds is 6. The molecule has 52 heavy (non-hydrogen) atoms. The average Bonchev–Trinajstić information content (AvgIpc) is 3.89. The first-order valence-corrected chi connectivity index (χ1v) is 18.1. The smallest absolute Gasteiger partial charge is 0.338 e. The number of carbonyl (C=O) groups is 4. The number of aliphatic hydroxyl groups is 3. The summed E-state index contributed by atoms with van der Waals surface area (Å²) in [6, 6.07) is 0. The van der Waals surface area contributed by atoms with Gasteiger partial charge in [-0.25, -0.2) is 9.59 Å². The van der Waals surface area contributed by atoms with Crippen LogP contribution in [0, 0.1) is 34.0 Å². The highest BCUT2D eigenvalue weighted by molar-refractivity contribution is 5.88. The Morgan fingerprint density at radius 2 is 1.69 bits per heavy atom. The van der Waals surface area contributed by atoms with E-state index in [2.05, 4.69) is 0 Å². The first-order chi connectivity index (χ1) is 24.5. The summed E-state index contributed by atoms with van der Waals surface area (Å²) in [5.41, 5.74) is -12.3. The van der Waals surface area contributed by atoms with Crippen LogP contribution in [0.3, 0.4) is 0 Å². The molecule has 8 rings (SSSR count). The molecular weight excluding hydrogens is 684 g/mol. The van der Waals surface area contributed by atoms with Crippen LogP contribution in [0.1, 0.15) is 66.7 Å². The topological polar surface area (TPSA) is 203 Å². The number of carbonyl (C=O) groups excluding carboxylic acids is 4.